The first kappa shape index (κ1) is 12.4. The molecule has 0 aliphatic rings. The van der Waals surface area contributed by atoms with Crippen molar-refractivity contribution in [1.82, 2.24) is 4.98 Å². The van der Waals surface area contributed by atoms with Crippen molar-refractivity contribution in [2.24, 2.45) is 0 Å². The average molecular weight is 243 g/mol. The Morgan fingerprint density at radius 1 is 1.22 bits per heavy atom. The van der Waals surface area contributed by atoms with Gasteiger partial charge in [0.25, 0.3) is 0 Å². The summed E-state index contributed by atoms with van der Waals surface area (Å²) in [5.41, 5.74) is 2.43. The first-order valence-corrected chi connectivity index (χ1v) is 5.82. The van der Waals surface area contributed by atoms with Gasteiger partial charge in [-0.3, -0.25) is 9.78 Å². The van der Waals surface area contributed by atoms with E-state index >= 15 is 0 Å². The quantitative estimate of drug-likeness (QED) is 0.826. The number of nitrogens with zero attached hydrogens (tertiary/aromatic N) is 1. The molecule has 2 aromatic rings. The molecule has 0 saturated carbocycles. The summed E-state index contributed by atoms with van der Waals surface area (Å²) in [6.07, 6.45) is 2.20. The first-order valence-electron chi connectivity index (χ1n) is 5.82. The zero-order chi connectivity index (χ0) is 13.0. The van der Waals surface area contributed by atoms with E-state index in [2.05, 4.69) is 4.98 Å². The Morgan fingerprint density at radius 2 is 2.06 bits per heavy atom. The van der Waals surface area contributed by atoms with Crippen LogP contribution < -0.4 is 0 Å². The fourth-order valence-electron chi connectivity index (χ4n) is 1.81. The van der Waals surface area contributed by atoms with Crippen molar-refractivity contribution in [1.29, 1.82) is 0 Å². The Labute approximate surface area is 105 Å². The van der Waals surface area contributed by atoms with Crippen molar-refractivity contribution in [2.75, 3.05) is 0 Å². The first-order chi connectivity index (χ1) is 8.65. The van der Waals surface area contributed by atoms with Crippen LogP contribution >= 0.6 is 0 Å². The van der Waals surface area contributed by atoms with E-state index in [0.717, 1.165) is 16.8 Å². The predicted molar refractivity (Wildman–Crippen MR) is 67.8 cm³/mol. The molecule has 0 atom stereocenters. The number of benzene rings is 1. The van der Waals surface area contributed by atoms with E-state index in [1.807, 2.05) is 25.1 Å². The van der Waals surface area contributed by atoms with Crippen molar-refractivity contribution in [3.05, 3.63) is 65.2 Å². The van der Waals surface area contributed by atoms with Gasteiger partial charge in [0.05, 0.1) is 0 Å². The summed E-state index contributed by atoms with van der Waals surface area (Å²) in [6.45, 7) is 1.88. The summed E-state index contributed by atoms with van der Waals surface area (Å²) in [4.78, 5) is 16.0. The lowest BCUT2D eigenvalue weighted by Gasteiger charge is -2.05. The molecule has 0 fully saturated rings. The zero-order valence-electron chi connectivity index (χ0n) is 10.2. The van der Waals surface area contributed by atoms with Crippen LogP contribution in [0.25, 0.3) is 0 Å². The largest absolute Gasteiger partial charge is 0.299 e. The average Bonchev–Trinajstić information content (AvgIpc) is 2.35. The van der Waals surface area contributed by atoms with Crippen molar-refractivity contribution in [3.63, 3.8) is 0 Å². The van der Waals surface area contributed by atoms with Crippen molar-refractivity contribution >= 4 is 5.78 Å². The second-order valence-corrected chi connectivity index (χ2v) is 4.28. The maximum Gasteiger partial charge on any atom is 0.143 e. The minimum absolute atomic E-state index is 0.0439. The summed E-state index contributed by atoms with van der Waals surface area (Å²) in [5.74, 6) is -0.261. The van der Waals surface area contributed by atoms with Crippen molar-refractivity contribution in [2.45, 2.75) is 19.8 Å². The topological polar surface area (TPSA) is 30.0 Å². The molecule has 0 amide bonds. The van der Waals surface area contributed by atoms with Gasteiger partial charge in [-0.1, -0.05) is 12.1 Å². The van der Waals surface area contributed by atoms with Gasteiger partial charge in [-0.05, 0) is 42.3 Å². The van der Waals surface area contributed by atoms with Gasteiger partial charge in [-0.2, -0.15) is 0 Å². The predicted octanol–water partition coefficient (Wildman–Crippen LogP) is 2.88. The highest BCUT2D eigenvalue weighted by atomic mass is 19.1. The number of pyridine rings is 1. The molecule has 3 heteroatoms. The van der Waals surface area contributed by atoms with Crippen LogP contribution in [-0.4, -0.2) is 10.8 Å². The number of hydrogen-bond donors (Lipinski definition) is 0. The molecule has 0 bridgehead atoms. The molecular formula is C15H14FNO. The van der Waals surface area contributed by atoms with Gasteiger partial charge in [0.15, 0.2) is 0 Å². The SMILES string of the molecule is Cc1ccc(F)cc1CC(=O)Cc1ccccn1. The molecule has 0 aliphatic carbocycles. The molecule has 92 valence electrons. The third-order valence-corrected chi connectivity index (χ3v) is 2.80. The number of rotatable bonds is 4. The van der Waals surface area contributed by atoms with Crippen LogP contribution in [0, 0.1) is 12.7 Å². The monoisotopic (exact) mass is 243 g/mol. The minimum atomic E-state index is -0.304. The summed E-state index contributed by atoms with van der Waals surface area (Å²) in [5, 5.41) is 0. The van der Waals surface area contributed by atoms with Crippen LogP contribution in [0.5, 0.6) is 0 Å². The van der Waals surface area contributed by atoms with Gasteiger partial charge >= 0.3 is 0 Å². The molecule has 18 heavy (non-hydrogen) atoms. The molecule has 0 aliphatic heterocycles. The number of carbonyl (C=O) groups is 1. The van der Waals surface area contributed by atoms with Gasteiger partial charge in [0, 0.05) is 24.7 Å². The van der Waals surface area contributed by atoms with E-state index in [1.54, 1.807) is 12.3 Å². The molecule has 1 aromatic carbocycles. The Kier molecular flexibility index (Phi) is 3.82. The molecular weight excluding hydrogens is 229 g/mol. The van der Waals surface area contributed by atoms with Crippen LogP contribution in [-0.2, 0) is 17.6 Å². The van der Waals surface area contributed by atoms with Crippen LogP contribution in [0.1, 0.15) is 16.8 Å². The van der Waals surface area contributed by atoms with E-state index in [0.29, 0.717) is 0 Å². The Balaban J connectivity index is 2.05. The van der Waals surface area contributed by atoms with Gasteiger partial charge in [0.2, 0.25) is 0 Å². The van der Waals surface area contributed by atoms with Crippen LogP contribution in [0.4, 0.5) is 4.39 Å². The van der Waals surface area contributed by atoms with Gasteiger partial charge in [0.1, 0.15) is 11.6 Å². The second kappa shape index (κ2) is 5.54. The van der Waals surface area contributed by atoms with Crippen LogP contribution in [0.2, 0.25) is 0 Å². The van der Waals surface area contributed by atoms with E-state index in [9.17, 15) is 9.18 Å². The molecule has 2 nitrogen and oxygen atoms in total. The standard InChI is InChI=1S/C15H14FNO/c1-11-5-6-13(16)8-12(11)9-15(18)10-14-4-2-3-7-17-14/h2-8H,9-10H2,1H3. The molecule has 0 N–H and O–H groups in total. The smallest absolute Gasteiger partial charge is 0.143 e. The highest BCUT2D eigenvalue weighted by Crippen LogP contribution is 2.12. The Morgan fingerprint density at radius 3 is 2.78 bits per heavy atom. The zero-order valence-corrected chi connectivity index (χ0v) is 10.2. The summed E-state index contributed by atoms with van der Waals surface area (Å²) >= 11 is 0. The number of carbonyl (C=O) groups excluding carboxylic acids is 1. The fraction of sp³-hybridized carbons (Fsp3) is 0.200. The highest BCUT2D eigenvalue weighted by Gasteiger charge is 2.08. The molecule has 1 heterocycles. The molecule has 2 rings (SSSR count). The molecule has 0 unspecified atom stereocenters. The number of ketones is 1. The van der Waals surface area contributed by atoms with Crippen LogP contribution in [0.15, 0.2) is 42.6 Å². The molecule has 0 saturated heterocycles. The number of Topliss-reactive ketones (excluding diaryl/α,β-unsaturated/α-hetero) is 1. The Bertz CT molecular complexity index is 552. The summed E-state index contributed by atoms with van der Waals surface area (Å²) in [6, 6.07) is 10.00. The van der Waals surface area contributed by atoms with E-state index < -0.39 is 0 Å². The fourth-order valence-corrected chi connectivity index (χ4v) is 1.81. The normalized spacial score (nSPS) is 10.3. The van der Waals surface area contributed by atoms with E-state index in [4.69, 9.17) is 0 Å². The number of aromatic nitrogens is 1. The second-order valence-electron chi connectivity index (χ2n) is 4.28. The third kappa shape index (κ3) is 3.23. The van der Waals surface area contributed by atoms with Gasteiger partial charge in [-0.15, -0.1) is 0 Å². The lowest BCUT2D eigenvalue weighted by Crippen LogP contribution is -2.08. The number of aryl methyl sites for hydroxylation is 1. The lowest BCUT2D eigenvalue weighted by atomic mass is 10.0. The third-order valence-electron chi connectivity index (χ3n) is 2.80. The number of halogens is 1. The maximum absolute atomic E-state index is 13.1. The summed E-state index contributed by atoms with van der Waals surface area (Å²) in [7, 11) is 0. The van der Waals surface area contributed by atoms with Crippen molar-refractivity contribution in [3.8, 4) is 0 Å². The maximum atomic E-state index is 13.1. The molecule has 0 radical (unpaired) electrons. The van der Waals surface area contributed by atoms with Crippen molar-refractivity contribution < 1.29 is 9.18 Å². The number of hydrogen-bond acceptors (Lipinski definition) is 2. The molecule has 0 spiro atoms. The highest BCUT2D eigenvalue weighted by molar-refractivity contribution is 5.83. The Hall–Kier alpha value is -2.03. The molecule has 1 aromatic heterocycles. The summed E-state index contributed by atoms with van der Waals surface area (Å²) < 4.78 is 13.1. The lowest BCUT2D eigenvalue weighted by molar-refractivity contribution is -0.117. The van der Waals surface area contributed by atoms with Gasteiger partial charge in [-0.25, -0.2) is 4.39 Å². The van der Waals surface area contributed by atoms with E-state index in [1.165, 1.54) is 12.1 Å². The minimum Gasteiger partial charge on any atom is -0.299 e. The van der Waals surface area contributed by atoms with Crippen LogP contribution in [0.3, 0.4) is 0 Å². The van der Waals surface area contributed by atoms with E-state index in [-0.39, 0.29) is 24.4 Å². The van der Waals surface area contributed by atoms with Gasteiger partial charge < -0.3 is 0 Å².